The quantitative estimate of drug-likeness (QED) is 0.546. The number of amides is 2. The lowest BCUT2D eigenvalue weighted by atomic mass is 10.2. The van der Waals surface area contributed by atoms with Gasteiger partial charge in [0.25, 0.3) is 0 Å². The summed E-state index contributed by atoms with van der Waals surface area (Å²) in [5.74, 6) is -1.09. The molecular weight excluding hydrogens is 391 g/mol. The molecule has 0 radical (unpaired) electrons. The molecule has 1 aromatic heterocycles. The number of rotatable bonds is 7. The van der Waals surface area contributed by atoms with E-state index in [1.165, 1.54) is 22.9 Å². The van der Waals surface area contributed by atoms with Crippen LogP contribution in [0, 0.1) is 5.82 Å². The monoisotopic (exact) mass is 406 g/mol. The average Bonchev–Trinajstić information content (AvgIpc) is 3.02. The molecule has 0 fully saturated rings. The molecule has 2 amide bonds. The summed E-state index contributed by atoms with van der Waals surface area (Å²) in [5, 5.41) is 9.16. The third kappa shape index (κ3) is 5.68. The molecule has 0 aliphatic heterocycles. The lowest BCUT2D eigenvalue weighted by Gasteiger charge is -2.04. The summed E-state index contributed by atoms with van der Waals surface area (Å²) in [6.45, 7) is 3.90. The van der Waals surface area contributed by atoms with Crippen LogP contribution in [0.2, 0.25) is 0 Å². The molecule has 8 heteroatoms. The van der Waals surface area contributed by atoms with Crippen molar-refractivity contribution >= 4 is 33.8 Å². The second-order valence-electron chi connectivity index (χ2n) is 4.93. The van der Waals surface area contributed by atoms with Crippen LogP contribution in [0.15, 0.2) is 53.8 Å². The van der Waals surface area contributed by atoms with E-state index < -0.39 is 5.82 Å². The van der Waals surface area contributed by atoms with Gasteiger partial charge < -0.3 is 10.6 Å². The van der Waals surface area contributed by atoms with Crippen molar-refractivity contribution in [2.75, 3.05) is 13.1 Å². The van der Waals surface area contributed by atoms with E-state index >= 15 is 0 Å². The van der Waals surface area contributed by atoms with Gasteiger partial charge in [-0.05, 0) is 45.8 Å². The normalized spacial score (nSPS) is 10.6. The second kappa shape index (κ2) is 8.93. The van der Waals surface area contributed by atoms with E-state index in [9.17, 15) is 14.0 Å². The first kappa shape index (κ1) is 18.6. The van der Waals surface area contributed by atoms with Gasteiger partial charge in [0.1, 0.15) is 11.5 Å². The Hall–Kier alpha value is -2.74. The molecule has 2 rings (SSSR count). The zero-order chi connectivity index (χ0) is 18.2. The summed E-state index contributed by atoms with van der Waals surface area (Å²) in [4.78, 5) is 22.6. The smallest absolute Gasteiger partial charge is 0.244 e. The van der Waals surface area contributed by atoms with Crippen molar-refractivity contribution in [3.63, 3.8) is 0 Å². The Labute approximate surface area is 152 Å². The van der Waals surface area contributed by atoms with Gasteiger partial charge in [-0.15, -0.1) is 0 Å². The van der Waals surface area contributed by atoms with Gasteiger partial charge in [0.15, 0.2) is 0 Å². The number of nitrogens with one attached hydrogen (secondary N) is 2. The Morgan fingerprint density at radius 1 is 1.28 bits per heavy atom. The minimum Gasteiger partial charge on any atom is -0.351 e. The van der Waals surface area contributed by atoms with Gasteiger partial charge in [0, 0.05) is 25.4 Å². The van der Waals surface area contributed by atoms with Crippen molar-refractivity contribution in [1.82, 2.24) is 20.4 Å². The number of aromatic nitrogens is 2. The van der Waals surface area contributed by atoms with Gasteiger partial charge in [0.05, 0.1) is 10.7 Å². The molecular formula is C17H16BrFN4O2. The highest BCUT2D eigenvalue weighted by molar-refractivity contribution is 9.10. The molecule has 1 heterocycles. The van der Waals surface area contributed by atoms with E-state index in [4.69, 9.17) is 0 Å². The maximum absolute atomic E-state index is 14.2. The van der Waals surface area contributed by atoms with Crippen LogP contribution in [-0.2, 0) is 9.59 Å². The van der Waals surface area contributed by atoms with Crippen molar-refractivity contribution in [2.45, 2.75) is 0 Å². The van der Waals surface area contributed by atoms with E-state index in [0.717, 1.165) is 10.5 Å². The van der Waals surface area contributed by atoms with Crippen molar-refractivity contribution in [1.29, 1.82) is 0 Å². The Bertz CT molecular complexity index is 817. The van der Waals surface area contributed by atoms with Gasteiger partial charge in [0.2, 0.25) is 11.8 Å². The molecule has 2 N–H and O–H groups in total. The maximum atomic E-state index is 14.2. The van der Waals surface area contributed by atoms with Gasteiger partial charge in [-0.1, -0.05) is 12.6 Å². The molecule has 0 saturated heterocycles. The predicted molar refractivity (Wildman–Crippen MR) is 96.5 cm³/mol. The van der Waals surface area contributed by atoms with Crippen LogP contribution >= 0.6 is 15.9 Å². The highest BCUT2D eigenvalue weighted by Gasteiger charge is 2.06. The fraction of sp³-hybridized carbons (Fsp3) is 0.118. The van der Waals surface area contributed by atoms with Crippen LogP contribution in [0.4, 0.5) is 4.39 Å². The third-order valence-electron chi connectivity index (χ3n) is 3.11. The highest BCUT2D eigenvalue weighted by atomic mass is 79.9. The Morgan fingerprint density at radius 2 is 2.00 bits per heavy atom. The third-order valence-corrected chi connectivity index (χ3v) is 3.52. The van der Waals surface area contributed by atoms with Crippen LogP contribution in [0.25, 0.3) is 11.8 Å². The fourth-order valence-corrected chi connectivity index (χ4v) is 2.21. The summed E-state index contributed by atoms with van der Waals surface area (Å²) < 4.78 is 16.3. The Balaban J connectivity index is 1.90. The van der Waals surface area contributed by atoms with Crippen LogP contribution in [0.1, 0.15) is 5.56 Å². The highest BCUT2D eigenvalue weighted by Crippen LogP contribution is 2.17. The molecule has 0 aliphatic carbocycles. The lowest BCUT2D eigenvalue weighted by molar-refractivity contribution is -0.118. The van der Waals surface area contributed by atoms with Crippen molar-refractivity contribution in [3.05, 3.63) is 65.2 Å². The molecule has 0 atom stereocenters. The van der Waals surface area contributed by atoms with Crippen molar-refractivity contribution in [3.8, 4) is 5.69 Å². The molecule has 25 heavy (non-hydrogen) atoms. The zero-order valence-corrected chi connectivity index (χ0v) is 14.8. The topological polar surface area (TPSA) is 76.0 Å². The molecule has 0 saturated carbocycles. The molecule has 0 unspecified atom stereocenters. The van der Waals surface area contributed by atoms with E-state index in [-0.39, 0.29) is 18.4 Å². The van der Waals surface area contributed by atoms with Gasteiger partial charge >= 0.3 is 0 Å². The van der Waals surface area contributed by atoms with Crippen LogP contribution in [0.3, 0.4) is 0 Å². The molecule has 0 bridgehead atoms. The van der Waals surface area contributed by atoms with Gasteiger partial charge in [-0.25, -0.2) is 9.07 Å². The van der Waals surface area contributed by atoms with Gasteiger partial charge in [-0.3, -0.25) is 9.59 Å². The minimum absolute atomic E-state index is 0.282. The van der Waals surface area contributed by atoms with Crippen molar-refractivity contribution in [2.24, 2.45) is 0 Å². The second-order valence-corrected chi connectivity index (χ2v) is 5.85. The molecule has 0 spiro atoms. The van der Waals surface area contributed by atoms with Crippen LogP contribution < -0.4 is 10.6 Å². The largest absolute Gasteiger partial charge is 0.351 e. The molecule has 1 aromatic carbocycles. The lowest BCUT2D eigenvalue weighted by Crippen LogP contribution is -2.33. The number of carbonyl (C=O) groups is 2. The number of hydrogen-bond acceptors (Lipinski definition) is 3. The van der Waals surface area contributed by atoms with Crippen molar-refractivity contribution < 1.29 is 14.0 Å². The summed E-state index contributed by atoms with van der Waals surface area (Å²) in [7, 11) is 0. The van der Waals surface area contributed by atoms with E-state index in [1.807, 2.05) is 0 Å². The molecule has 6 nitrogen and oxygen atoms in total. The minimum atomic E-state index is -0.453. The zero-order valence-electron chi connectivity index (χ0n) is 13.2. The van der Waals surface area contributed by atoms with Gasteiger partial charge in [-0.2, -0.15) is 5.10 Å². The Kier molecular flexibility index (Phi) is 6.64. The summed E-state index contributed by atoms with van der Waals surface area (Å²) in [6.07, 6.45) is 7.17. The first-order valence-corrected chi connectivity index (χ1v) is 8.15. The van der Waals surface area contributed by atoms with Crippen LogP contribution in [-0.4, -0.2) is 34.7 Å². The number of benzene rings is 1. The molecule has 0 aliphatic rings. The summed E-state index contributed by atoms with van der Waals surface area (Å²) in [5.41, 5.74) is 0.854. The number of nitrogens with zero attached hydrogens (tertiary/aromatic N) is 2. The summed E-state index contributed by atoms with van der Waals surface area (Å²) >= 11 is 3.26. The predicted octanol–water partition coefficient (Wildman–Crippen LogP) is 2.21. The van der Waals surface area contributed by atoms with E-state index in [2.05, 4.69) is 38.2 Å². The standard InChI is InChI=1S/C17H16BrFN4O2/c1-2-16(24)20-7-8-21-17(25)6-4-12-3-5-15(14(19)9-12)23-11-13(18)10-22-23/h2-6,9-11H,1,7-8H2,(H,20,24)(H,21,25). The van der Waals surface area contributed by atoms with Crippen LogP contribution in [0.5, 0.6) is 0 Å². The first-order chi connectivity index (χ1) is 12.0. The fourth-order valence-electron chi connectivity index (χ4n) is 1.92. The Morgan fingerprint density at radius 3 is 2.60 bits per heavy atom. The molecule has 130 valence electrons. The summed E-state index contributed by atoms with van der Waals surface area (Å²) in [6, 6.07) is 4.58. The first-order valence-electron chi connectivity index (χ1n) is 7.36. The molecule has 2 aromatic rings. The van der Waals surface area contributed by atoms with E-state index in [0.29, 0.717) is 17.8 Å². The van der Waals surface area contributed by atoms with E-state index in [1.54, 1.807) is 24.5 Å². The number of halogens is 2. The number of hydrogen-bond donors (Lipinski definition) is 2. The number of carbonyl (C=O) groups excluding carboxylic acids is 2. The SMILES string of the molecule is C=CC(=O)NCCNC(=O)C=Cc1ccc(-n2cc(Br)cn2)c(F)c1. The average molecular weight is 407 g/mol. The maximum Gasteiger partial charge on any atom is 0.244 e.